The fraction of sp³-hybridized carbons (Fsp3) is 0.111. The minimum Gasteiger partial charge on any atom is -0.462 e. The van der Waals surface area contributed by atoms with Crippen LogP contribution in [0.1, 0.15) is 5.56 Å². The summed E-state index contributed by atoms with van der Waals surface area (Å²) in [5.74, 6) is 0. The largest absolute Gasteiger partial charge is 0.462 e. The predicted octanol–water partition coefficient (Wildman–Crippen LogP) is 4.16. The third kappa shape index (κ3) is 1.15. The van der Waals surface area contributed by atoms with Crippen molar-refractivity contribution >= 4 is 38.5 Å². The molecule has 0 aliphatic heterocycles. The van der Waals surface area contributed by atoms with Crippen LogP contribution >= 0.6 is 27.5 Å². The molecule has 0 unspecified atom stereocenters. The van der Waals surface area contributed by atoms with E-state index in [0.29, 0.717) is 5.02 Å². The molecule has 62 valence electrons. The normalized spacial score (nSPS) is 10.9. The van der Waals surface area contributed by atoms with Crippen molar-refractivity contribution in [3.05, 3.63) is 33.5 Å². The number of aryl methyl sites for hydroxylation is 1. The first-order valence-corrected chi connectivity index (χ1v) is 4.68. The van der Waals surface area contributed by atoms with Gasteiger partial charge in [0.25, 0.3) is 0 Å². The van der Waals surface area contributed by atoms with Gasteiger partial charge in [-0.15, -0.1) is 0 Å². The van der Waals surface area contributed by atoms with Gasteiger partial charge in [-0.05, 0) is 24.6 Å². The third-order valence-corrected chi connectivity index (χ3v) is 2.53. The first kappa shape index (κ1) is 8.14. The fourth-order valence-corrected chi connectivity index (χ4v) is 2.04. The van der Waals surface area contributed by atoms with E-state index in [-0.39, 0.29) is 0 Å². The first-order valence-electron chi connectivity index (χ1n) is 3.51. The van der Waals surface area contributed by atoms with E-state index in [9.17, 15) is 0 Å². The van der Waals surface area contributed by atoms with Crippen LogP contribution in [-0.4, -0.2) is 0 Å². The topological polar surface area (TPSA) is 13.1 Å². The minimum atomic E-state index is 0.646. The van der Waals surface area contributed by atoms with Gasteiger partial charge in [-0.2, -0.15) is 0 Å². The molecule has 12 heavy (non-hydrogen) atoms. The Morgan fingerprint density at radius 3 is 2.92 bits per heavy atom. The van der Waals surface area contributed by atoms with Gasteiger partial charge in [0.2, 0.25) is 0 Å². The molecule has 1 heterocycles. The summed E-state index contributed by atoms with van der Waals surface area (Å²) in [5.41, 5.74) is 1.87. The van der Waals surface area contributed by atoms with Crippen LogP contribution in [0.15, 0.2) is 27.3 Å². The molecular formula is C9H6BrClO. The Hall–Kier alpha value is -0.470. The van der Waals surface area contributed by atoms with E-state index in [1.54, 1.807) is 6.26 Å². The lowest BCUT2D eigenvalue weighted by Gasteiger charge is -1.94. The van der Waals surface area contributed by atoms with E-state index in [2.05, 4.69) is 15.9 Å². The summed E-state index contributed by atoms with van der Waals surface area (Å²) in [6.45, 7) is 1.99. The lowest BCUT2D eigenvalue weighted by Crippen LogP contribution is -1.71. The smallest absolute Gasteiger partial charge is 0.152 e. The fourth-order valence-electron chi connectivity index (χ4n) is 1.18. The summed E-state index contributed by atoms with van der Waals surface area (Å²) in [6.07, 6.45) is 1.71. The maximum absolute atomic E-state index is 5.95. The van der Waals surface area contributed by atoms with Crippen molar-refractivity contribution in [2.24, 2.45) is 0 Å². The number of fused-ring (bicyclic) bond motifs is 1. The Bertz CT molecular complexity index is 433. The van der Waals surface area contributed by atoms with Gasteiger partial charge in [0, 0.05) is 9.86 Å². The summed E-state index contributed by atoms with van der Waals surface area (Å²) in [4.78, 5) is 0. The molecule has 0 amide bonds. The number of rotatable bonds is 0. The Kier molecular flexibility index (Phi) is 1.89. The molecule has 0 atom stereocenters. The van der Waals surface area contributed by atoms with Crippen LogP contribution in [0.2, 0.25) is 5.02 Å². The van der Waals surface area contributed by atoms with Gasteiger partial charge in [0.05, 0.1) is 11.3 Å². The molecule has 0 fully saturated rings. The second-order valence-corrected chi connectivity index (χ2v) is 4.01. The minimum absolute atomic E-state index is 0.646. The predicted molar refractivity (Wildman–Crippen MR) is 53.7 cm³/mol. The Balaban J connectivity index is 2.92. The van der Waals surface area contributed by atoms with Gasteiger partial charge in [0.1, 0.15) is 0 Å². The second kappa shape index (κ2) is 2.79. The van der Waals surface area contributed by atoms with Crippen LogP contribution in [0.25, 0.3) is 11.0 Å². The van der Waals surface area contributed by atoms with E-state index in [1.165, 1.54) is 0 Å². The standard InChI is InChI=1S/C9H6BrClO/c1-5-4-12-9-7(5)2-6(10)3-8(9)11/h2-4H,1H3. The van der Waals surface area contributed by atoms with Crippen LogP contribution in [0.4, 0.5) is 0 Å². The highest BCUT2D eigenvalue weighted by molar-refractivity contribution is 9.10. The highest BCUT2D eigenvalue weighted by Gasteiger charge is 2.06. The molecule has 0 saturated carbocycles. The number of hydrogen-bond acceptors (Lipinski definition) is 1. The Morgan fingerprint density at radius 1 is 1.42 bits per heavy atom. The van der Waals surface area contributed by atoms with E-state index >= 15 is 0 Å². The van der Waals surface area contributed by atoms with E-state index < -0.39 is 0 Å². The Morgan fingerprint density at radius 2 is 2.17 bits per heavy atom. The van der Waals surface area contributed by atoms with E-state index in [0.717, 1.165) is 21.0 Å². The number of benzene rings is 1. The maximum atomic E-state index is 5.95. The van der Waals surface area contributed by atoms with Crippen LogP contribution < -0.4 is 0 Å². The maximum Gasteiger partial charge on any atom is 0.152 e. The second-order valence-electron chi connectivity index (χ2n) is 2.68. The highest BCUT2D eigenvalue weighted by Crippen LogP contribution is 2.30. The summed E-state index contributed by atoms with van der Waals surface area (Å²) in [5, 5.41) is 1.71. The molecule has 0 N–H and O–H groups in total. The van der Waals surface area contributed by atoms with Gasteiger partial charge in [0.15, 0.2) is 5.58 Å². The summed E-state index contributed by atoms with van der Waals surface area (Å²) < 4.78 is 6.26. The zero-order valence-corrected chi connectivity index (χ0v) is 8.74. The molecular weight excluding hydrogens is 239 g/mol. The quantitative estimate of drug-likeness (QED) is 0.679. The van der Waals surface area contributed by atoms with Crippen molar-refractivity contribution in [2.45, 2.75) is 6.92 Å². The van der Waals surface area contributed by atoms with Crippen molar-refractivity contribution in [3.63, 3.8) is 0 Å². The molecule has 0 spiro atoms. The number of furan rings is 1. The highest BCUT2D eigenvalue weighted by atomic mass is 79.9. The molecule has 0 saturated heterocycles. The monoisotopic (exact) mass is 244 g/mol. The van der Waals surface area contributed by atoms with Crippen molar-refractivity contribution < 1.29 is 4.42 Å². The molecule has 2 rings (SSSR count). The molecule has 0 aliphatic carbocycles. The molecule has 1 aromatic heterocycles. The van der Waals surface area contributed by atoms with E-state index in [1.807, 2.05) is 19.1 Å². The molecule has 0 bridgehead atoms. The van der Waals surface area contributed by atoms with Gasteiger partial charge in [-0.3, -0.25) is 0 Å². The van der Waals surface area contributed by atoms with Crippen molar-refractivity contribution in [2.75, 3.05) is 0 Å². The lowest BCUT2D eigenvalue weighted by atomic mass is 10.2. The lowest BCUT2D eigenvalue weighted by molar-refractivity contribution is 0.613. The van der Waals surface area contributed by atoms with Crippen molar-refractivity contribution in [3.8, 4) is 0 Å². The first-order chi connectivity index (χ1) is 5.68. The van der Waals surface area contributed by atoms with Gasteiger partial charge in [-0.25, -0.2) is 0 Å². The van der Waals surface area contributed by atoms with Crippen LogP contribution in [0.5, 0.6) is 0 Å². The Labute approximate surface area is 83.4 Å². The summed E-state index contributed by atoms with van der Waals surface area (Å²) in [6, 6.07) is 3.83. The van der Waals surface area contributed by atoms with Crippen molar-refractivity contribution in [1.29, 1.82) is 0 Å². The number of halogens is 2. The van der Waals surface area contributed by atoms with E-state index in [4.69, 9.17) is 16.0 Å². The van der Waals surface area contributed by atoms with Crippen LogP contribution in [0.3, 0.4) is 0 Å². The third-order valence-electron chi connectivity index (χ3n) is 1.79. The average Bonchev–Trinajstić information content (AvgIpc) is 2.33. The SMILES string of the molecule is Cc1coc2c(Cl)cc(Br)cc12. The molecule has 1 aromatic carbocycles. The van der Waals surface area contributed by atoms with Crippen LogP contribution in [-0.2, 0) is 0 Å². The molecule has 0 radical (unpaired) electrons. The van der Waals surface area contributed by atoms with Gasteiger partial charge in [-0.1, -0.05) is 27.5 Å². The average molecular weight is 246 g/mol. The number of hydrogen-bond donors (Lipinski definition) is 0. The summed E-state index contributed by atoms with van der Waals surface area (Å²) >= 11 is 9.33. The van der Waals surface area contributed by atoms with Gasteiger partial charge < -0.3 is 4.42 Å². The molecule has 2 aromatic rings. The zero-order valence-electron chi connectivity index (χ0n) is 6.40. The molecule has 1 nitrogen and oxygen atoms in total. The summed E-state index contributed by atoms with van der Waals surface area (Å²) in [7, 11) is 0. The zero-order chi connectivity index (χ0) is 8.72. The molecule has 3 heteroatoms. The van der Waals surface area contributed by atoms with Gasteiger partial charge >= 0.3 is 0 Å². The molecule has 0 aliphatic rings. The van der Waals surface area contributed by atoms with Crippen LogP contribution in [0, 0.1) is 6.92 Å². The van der Waals surface area contributed by atoms with Crippen molar-refractivity contribution in [1.82, 2.24) is 0 Å².